The molecule has 1 saturated heterocycles. The summed E-state index contributed by atoms with van der Waals surface area (Å²) in [5, 5.41) is 0. The van der Waals surface area contributed by atoms with Gasteiger partial charge in [0.25, 0.3) is 0 Å². The number of hydrogen-bond donors (Lipinski definition) is 1. The lowest BCUT2D eigenvalue weighted by atomic mass is 9.99. The van der Waals surface area contributed by atoms with Crippen LogP contribution in [0.15, 0.2) is 53.0 Å². The third kappa shape index (κ3) is 3.14. The summed E-state index contributed by atoms with van der Waals surface area (Å²) in [6.45, 7) is 4.22. The van der Waals surface area contributed by atoms with Gasteiger partial charge in [-0.2, -0.15) is 0 Å². The van der Waals surface area contributed by atoms with E-state index in [0.717, 1.165) is 23.1 Å². The first-order valence-electron chi connectivity index (χ1n) is 7.50. The van der Waals surface area contributed by atoms with Crippen molar-refractivity contribution in [1.29, 1.82) is 0 Å². The molecule has 0 aliphatic carbocycles. The van der Waals surface area contributed by atoms with Gasteiger partial charge in [-0.25, -0.2) is 0 Å². The molecule has 3 rings (SSSR count). The Balaban J connectivity index is 1.76. The number of benzene rings is 2. The first-order valence-corrected chi connectivity index (χ1v) is 8.29. The lowest BCUT2D eigenvalue weighted by Crippen LogP contribution is -2.19. The molecule has 1 fully saturated rings. The molecule has 0 radical (unpaired) electrons. The summed E-state index contributed by atoms with van der Waals surface area (Å²) < 4.78 is 1.11. The highest BCUT2D eigenvalue weighted by molar-refractivity contribution is 9.10. The molecule has 3 heteroatoms. The summed E-state index contributed by atoms with van der Waals surface area (Å²) in [6, 6.07) is 17.4. The van der Waals surface area contributed by atoms with Crippen LogP contribution in [-0.4, -0.2) is 13.1 Å². The molecule has 0 saturated carbocycles. The van der Waals surface area contributed by atoms with Crippen LogP contribution in [0.1, 0.15) is 36.4 Å². The van der Waals surface area contributed by atoms with Gasteiger partial charge in [0, 0.05) is 35.2 Å². The van der Waals surface area contributed by atoms with Crippen LogP contribution in [0.3, 0.4) is 0 Å². The Morgan fingerprint density at radius 1 is 1.19 bits per heavy atom. The van der Waals surface area contributed by atoms with Crippen molar-refractivity contribution in [2.24, 2.45) is 5.73 Å². The number of rotatable bonds is 3. The molecule has 0 amide bonds. The van der Waals surface area contributed by atoms with Crippen LogP contribution in [0.4, 0.5) is 5.69 Å². The third-order valence-electron chi connectivity index (χ3n) is 4.30. The number of nitrogens with zero attached hydrogens (tertiary/aromatic N) is 1. The van der Waals surface area contributed by atoms with Crippen molar-refractivity contribution in [3.05, 3.63) is 64.1 Å². The van der Waals surface area contributed by atoms with E-state index < -0.39 is 0 Å². The summed E-state index contributed by atoms with van der Waals surface area (Å²) in [4.78, 5) is 2.47. The van der Waals surface area contributed by atoms with Crippen LogP contribution >= 0.6 is 15.9 Å². The van der Waals surface area contributed by atoms with Crippen molar-refractivity contribution in [1.82, 2.24) is 0 Å². The Labute approximate surface area is 135 Å². The molecular weight excluding hydrogens is 324 g/mol. The number of halogens is 1. The molecular formula is C18H21BrN2. The zero-order valence-corrected chi connectivity index (χ0v) is 13.9. The molecule has 1 heterocycles. The maximum atomic E-state index is 5.97. The highest BCUT2D eigenvalue weighted by Crippen LogP contribution is 2.33. The van der Waals surface area contributed by atoms with Crippen molar-refractivity contribution in [2.75, 3.05) is 18.0 Å². The Kier molecular flexibility index (Phi) is 4.32. The van der Waals surface area contributed by atoms with E-state index in [1.54, 1.807) is 0 Å². The average Bonchev–Trinajstić information content (AvgIpc) is 2.97. The van der Waals surface area contributed by atoms with E-state index in [0.29, 0.717) is 5.92 Å². The van der Waals surface area contributed by atoms with Crippen LogP contribution in [0, 0.1) is 0 Å². The number of nitrogens with two attached hydrogens (primary N) is 1. The fraction of sp³-hybridized carbons (Fsp3) is 0.333. The van der Waals surface area contributed by atoms with Crippen LogP contribution < -0.4 is 10.6 Å². The molecule has 2 nitrogen and oxygen atoms in total. The minimum Gasteiger partial charge on any atom is -0.371 e. The molecule has 110 valence electrons. The number of anilines is 1. The van der Waals surface area contributed by atoms with Crippen molar-refractivity contribution >= 4 is 21.6 Å². The van der Waals surface area contributed by atoms with Gasteiger partial charge in [-0.05, 0) is 36.6 Å². The van der Waals surface area contributed by atoms with Crippen LogP contribution in [0.25, 0.3) is 0 Å². The average molecular weight is 345 g/mol. The van der Waals surface area contributed by atoms with Crippen LogP contribution in [0.2, 0.25) is 0 Å². The van der Waals surface area contributed by atoms with Crippen molar-refractivity contribution in [2.45, 2.75) is 25.3 Å². The van der Waals surface area contributed by atoms with Gasteiger partial charge in [-0.15, -0.1) is 0 Å². The monoisotopic (exact) mass is 344 g/mol. The maximum absolute atomic E-state index is 5.97. The molecule has 2 unspecified atom stereocenters. The fourth-order valence-electron chi connectivity index (χ4n) is 3.07. The Morgan fingerprint density at radius 3 is 2.62 bits per heavy atom. The van der Waals surface area contributed by atoms with Gasteiger partial charge in [0.2, 0.25) is 0 Å². The van der Waals surface area contributed by atoms with Gasteiger partial charge in [0.15, 0.2) is 0 Å². The molecule has 2 atom stereocenters. The van der Waals surface area contributed by atoms with Crippen molar-refractivity contribution < 1.29 is 0 Å². The van der Waals surface area contributed by atoms with E-state index in [4.69, 9.17) is 5.73 Å². The van der Waals surface area contributed by atoms with E-state index in [1.165, 1.54) is 17.7 Å². The minimum absolute atomic E-state index is 0.0593. The molecule has 0 aromatic heterocycles. The molecule has 0 bridgehead atoms. The predicted octanol–water partition coefficient (Wildman–Crippen LogP) is 4.46. The van der Waals surface area contributed by atoms with Crippen LogP contribution in [-0.2, 0) is 0 Å². The van der Waals surface area contributed by atoms with E-state index in [9.17, 15) is 0 Å². The first-order chi connectivity index (χ1) is 10.1. The zero-order valence-electron chi connectivity index (χ0n) is 12.3. The van der Waals surface area contributed by atoms with Gasteiger partial charge >= 0.3 is 0 Å². The highest BCUT2D eigenvalue weighted by atomic mass is 79.9. The second-order valence-electron chi connectivity index (χ2n) is 5.84. The van der Waals surface area contributed by atoms with Gasteiger partial charge in [-0.1, -0.05) is 52.3 Å². The fourth-order valence-corrected chi connectivity index (χ4v) is 3.80. The predicted molar refractivity (Wildman–Crippen MR) is 92.8 cm³/mol. The molecule has 2 aromatic rings. The van der Waals surface area contributed by atoms with Gasteiger partial charge in [0.1, 0.15) is 0 Å². The minimum atomic E-state index is 0.0593. The normalized spacial score (nSPS) is 19.8. The lowest BCUT2D eigenvalue weighted by molar-refractivity contribution is 0.775. The standard InChI is InChI=1S/C18H21BrN2/c1-13(20)17-8-7-16(11-18(17)19)21-10-9-15(12-21)14-5-3-2-4-6-14/h2-8,11,13,15H,9-10,12,20H2,1H3. The molecule has 1 aliphatic heterocycles. The third-order valence-corrected chi connectivity index (χ3v) is 4.99. The molecule has 2 N–H and O–H groups in total. The zero-order chi connectivity index (χ0) is 14.8. The molecule has 2 aromatic carbocycles. The SMILES string of the molecule is CC(N)c1ccc(N2CCC(c3ccccc3)C2)cc1Br. The number of hydrogen-bond acceptors (Lipinski definition) is 2. The summed E-state index contributed by atoms with van der Waals surface area (Å²) in [5.41, 5.74) is 9.87. The Hall–Kier alpha value is -1.32. The van der Waals surface area contributed by atoms with Crippen molar-refractivity contribution in [3.63, 3.8) is 0 Å². The maximum Gasteiger partial charge on any atom is 0.0377 e. The molecule has 0 spiro atoms. The summed E-state index contributed by atoms with van der Waals surface area (Å²) in [6.07, 6.45) is 1.22. The van der Waals surface area contributed by atoms with Crippen LogP contribution in [0.5, 0.6) is 0 Å². The van der Waals surface area contributed by atoms with Crippen molar-refractivity contribution in [3.8, 4) is 0 Å². The highest BCUT2D eigenvalue weighted by Gasteiger charge is 2.24. The largest absolute Gasteiger partial charge is 0.371 e. The van der Waals surface area contributed by atoms with E-state index in [1.807, 2.05) is 6.92 Å². The molecule has 1 aliphatic rings. The lowest BCUT2D eigenvalue weighted by Gasteiger charge is -2.20. The topological polar surface area (TPSA) is 29.3 Å². The molecule has 21 heavy (non-hydrogen) atoms. The smallest absolute Gasteiger partial charge is 0.0377 e. The first kappa shape index (κ1) is 14.6. The summed E-state index contributed by atoms with van der Waals surface area (Å²) in [7, 11) is 0. The van der Waals surface area contributed by atoms with E-state index >= 15 is 0 Å². The Bertz CT molecular complexity index is 610. The van der Waals surface area contributed by atoms with E-state index in [-0.39, 0.29) is 6.04 Å². The second-order valence-corrected chi connectivity index (χ2v) is 6.69. The van der Waals surface area contributed by atoms with E-state index in [2.05, 4.69) is 69.4 Å². The van der Waals surface area contributed by atoms with Gasteiger partial charge in [0.05, 0.1) is 0 Å². The Morgan fingerprint density at radius 2 is 1.95 bits per heavy atom. The quantitative estimate of drug-likeness (QED) is 0.890. The summed E-state index contributed by atoms with van der Waals surface area (Å²) in [5.74, 6) is 0.637. The summed E-state index contributed by atoms with van der Waals surface area (Å²) >= 11 is 3.65. The second kappa shape index (κ2) is 6.20. The van der Waals surface area contributed by atoms with Gasteiger partial charge in [-0.3, -0.25) is 0 Å². The van der Waals surface area contributed by atoms with Gasteiger partial charge < -0.3 is 10.6 Å².